The zero-order valence-corrected chi connectivity index (χ0v) is 13.3. The van der Waals surface area contributed by atoms with Gasteiger partial charge in [0.15, 0.2) is 0 Å². The van der Waals surface area contributed by atoms with Crippen LogP contribution in [0.1, 0.15) is 49.2 Å². The lowest BCUT2D eigenvalue weighted by atomic mass is 10.00. The van der Waals surface area contributed by atoms with Gasteiger partial charge in [0.1, 0.15) is 5.82 Å². The Kier molecular flexibility index (Phi) is 5.17. The number of ether oxygens (including phenoxy) is 1. The summed E-state index contributed by atoms with van der Waals surface area (Å²) in [5.41, 5.74) is 1.58. The van der Waals surface area contributed by atoms with Crippen LogP contribution in [0.2, 0.25) is 0 Å². The van der Waals surface area contributed by atoms with E-state index in [-0.39, 0.29) is 17.9 Å². The molecule has 0 radical (unpaired) electrons. The molecule has 0 aromatic carbocycles. The predicted octanol–water partition coefficient (Wildman–Crippen LogP) is 2.40. The minimum atomic E-state index is -0.0461. The molecule has 1 aliphatic heterocycles. The SMILES string of the molecule is CNc1cc(C(=O)NC(C)C2CCOC2)cc(C(C)C)n1. The number of carbonyl (C=O) groups is 1. The van der Waals surface area contributed by atoms with E-state index in [1.165, 1.54) is 0 Å². The number of rotatable bonds is 5. The number of anilines is 1. The minimum Gasteiger partial charge on any atom is -0.381 e. The fraction of sp³-hybridized carbons (Fsp3) is 0.625. The summed E-state index contributed by atoms with van der Waals surface area (Å²) in [5.74, 6) is 1.37. The lowest BCUT2D eigenvalue weighted by molar-refractivity contribution is 0.0922. The first-order valence-electron chi connectivity index (χ1n) is 7.59. The van der Waals surface area contributed by atoms with Gasteiger partial charge in [-0.25, -0.2) is 4.98 Å². The molecular weight excluding hydrogens is 266 g/mol. The lowest BCUT2D eigenvalue weighted by Gasteiger charge is -2.20. The van der Waals surface area contributed by atoms with Crippen molar-refractivity contribution in [3.63, 3.8) is 0 Å². The van der Waals surface area contributed by atoms with E-state index < -0.39 is 0 Å². The molecule has 1 aromatic rings. The van der Waals surface area contributed by atoms with Crippen molar-refractivity contribution in [2.45, 2.75) is 39.2 Å². The van der Waals surface area contributed by atoms with E-state index in [1.807, 2.05) is 20.0 Å². The molecule has 21 heavy (non-hydrogen) atoms. The normalized spacial score (nSPS) is 19.6. The van der Waals surface area contributed by atoms with Crippen LogP contribution in [0.4, 0.5) is 5.82 Å². The standard InChI is InChI=1S/C16H25N3O2/c1-10(2)14-7-13(8-15(17-4)19-14)16(20)18-11(3)12-5-6-21-9-12/h7-8,10-12H,5-6,9H2,1-4H3,(H,17,19)(H,18,20). The van der Waals surface area contributed by atoms with Gasteiger partial charge in [-0.1, -0.05) is 13.8 Å². The molecule has 0 aliphatic carbocycles. The summed E-state index contributed by atoms with van der Waals surface area (Å²) in [6.45, 7) is 7.71. The average molecular weight is 291 g/mol. The second kappa shape index (κ2) is 6.89. The van der Waals surface area contributed by atoms with Crippen LogP contribution in [0.5, 0.6) is 0 Å². The van der Waals surface area contributed by atoms with Crippen molar-refractivity contribution in [2.24, 2.45) is 5.92 Å². The van der Waals surface area contributed by atoms with Crippen molar-refractivity contribution >= 4 is 11.7 Å². The average Bonchev–Trinajstić information content (AvgIpc) is 3.00. The van der Waals surface area contributed by atoms with E-state index in [9.17, 15) is 4.79 Å². The maximum Gasteiger partial charge on any atom is 0.251 e. The maximum absolute atomic E-state index is 12.4. The van der Waals surface area contributed by atoms with Gasteiger partial charge in [-0.2, -0.15) is 0 Å². The fourth-order valence-electron chi connectivity index (χ4n) is 2.46. The van der Waals surface area contributed by atoms with Gasteiger partial charge in [0.25, 0.3) is 5.91 Å². The van der Waals surface area contributed by atoms with Crippen LogP contribution in [-0.4, -0.2) is 37.2 Å². The highest BCUT2D eigenvalue weighted by Crippen LogP contribution is 2.19. The van der Waals surface area contributed by atoms with E-state index in [1.54, 1.807) is 6.07 Å². The van der Waals surface area contributed by atoms with Crippen LogP contribution < -0.4 is 10.6 Å². The van der Waals surface area contributed by atoms with E-state index >= 15 is 0 Å². The Morgan fingerprint density at radius 1 is 1.38 bits per heavy atom. The monoisotopic (exact) mass is 291 g/mol. The number of hydrogen-bond acceptors (Lipinski definition) is 4. The van der Waals surface area contributed by atoms with Crippen LogP contribution in [0.25, 0.3) is 0 Å². The van der Waals surface area contributed by atoms with Crippen LogP contribution in [0, 0.1) is 5.92 Å². The molecule has 5 heteroatoms. The van der Waals surface area contributed by atoms with E-state index in [0.29, 0.717) is 11.5 Å². The molecule has 5 nitrogen and oxygen atoms in total. The molecule has 1 aromatic heterocycles. The molecule has 116 valence electrons. The van der Waals surface area contributed by atoms with Crippen molar-refractivity contribution in [1.29, 1.82) is 0 Å². The number of pyridine rings is 1. The number of amides is 1. The molecule has 2 heterocycles. The van der Waals surface area contributed by atoms with Crippen LogP contribution in [0.3, 0.4) is 0 Å². The topological polar surface area (TPSA) is 63.2 Å². The van der Waals surface area contributed by atoms with Gasteiger partial charge in [-0.15, -0.1) is 0 Å². The van der Waals surface area contributed by atoms with Gasteiger partial charge < -0.3 is 15.4 Å². The van der Waals surface area contributed by atoms with Gasteiger partial charge >= 0.3 is 0 Å². The van der Waals surface area contributed by atoms with Gasteiger partial charge in [0.05, 0.1) is 6.61 Å². The first-order valence-corrected chi connectivity index (χ1v) is 7.59. The summed E-state index contributed by atoms with van der Waals surface area (Å²) in [6.07, 6.45) is 1.01. The Bertz CT molecular complexity index is 496. The summed E-state index contributed by atoms with van der Waals surface area (Å²) in [4.78, 5) is 16.9. The summed E-state index contributed by atoms with van der Waals surface area (Å²) in [5, 5.41) is 6.10. The molecule has 2 unspecified atom stereocenters. The number of nitrogens with zero attached hydrogens (tertiary/aromatic N) is 1. The summed E-state index contributed by atoms with van der Waals surface area (Å²) in [6, 6.07) is 3.78. The largest absolute Gasteiger partial charge is 0.381 e. The van der Waals surface area contributed by atoms with E-state index in [2.05, 4.69) is 29.5 Å². The highest BCUT2D eigenvalue weighted by Gasteiger charge is 2.24. The van der Waals surface area contributed by atoms with Crippen molar-refractivity contribution in [3.8, 4) is 0 Å². The zero-order valence-electron chi connectivity index (χ0n) is 13.3. The first kappa shape index (κ1) is 15.8. The second-order valence-electron chi connectivity index (χ2n) is 5.96. The van der Waals surface area contributed by atoms with Gasteiger partial charge in [-0.05, 0) is 31.4 Å². The third-order valence-electron chi connectivity index (χ3n) is 3.99. The van der Waals surface area contributed by atoms with Crippen LogP contribution in [-0.2, 0) is 4.74 Å². The molecule has 1 fully saturated rings. The van der Waals surface area contributed by atoms with Crippen LogP contribution >= 0.6 is 0 Å². The van der Waals surface area contributed by atoms with Crippen molar-refractivity contribution in [2.75, 3.05) is 25.6 Å². The molecule has 2 N–H and O–H groups in total. The molecule has 0 bridgehead atoms. The number of nitrogens with one attached hydrogen (secondary N) is 2. The molecule has 1 aliphatic rings. The maximum atomic E-state index is 12.4. The third-order valence-corrected chi connectivity index (χ3v) is 3.99. The Balaban J connectivity index is 2.12. The molecule has 0 spiro atoms. The van der Waals surface area contributed by atoms with Crippen molar-refractivity contribution in [3.05, 3.63) is 23.4 Å². The molecular formula is C16H25N3O2. The van der Waals surface area contributed by atoms with Gasteiger partial charge in [-0.3, -0.25) is 4.79 Å². The molecule has 0 saturated carbocycles. The quantitative estimate of drug-likeness (QED) is 0.874. The molecule has 2 atom stereocenters. The van der Waals surface area contributed by atoms with Gasteiger partial charge in [0.2, 0.25) is 0 Å². The third kappa shape index (κ3) is 3.94. The summed E-state index contributed by atoms with van der Waals surface area (Å²) < 4.78 is 5.38. The van der Waals surface area contributed by atoms with Crippen molar-refractivity contribution in [1.82, 2.24) is 10.3 Å². The number of aromatic nitrogens is 1. The zero-order chi connectivity index (χ0) is 15.4. The number of carbonyl (C=O) groups excluding carboxylic acids is 1. The molecule has 1 amide bonds. The minimum absolute atomic E-state index is 0.0461. The summed E-state index contributed by atoms with van der Waals surface area (Å²) in [7, 11) is 1.81. The predicted molar refractivity (Wildman–Crippen MR) is 83.7 cm³/mol. The Morgan fingerprint density at radius 3 is 2.71 bits per heavy atom. The van der Waals surface area contributed by atoms with Crippen LogP contribution in [0.15, 0.2) is 12.1 Å². The Morgan fingerprint density at radius 2 is 2.14 bits per heavy atom. The lowest BCUT2D eigenvalue weighted by Crippen LogP contribution is -2.38. The van der Waals surface area contributed by atoms with Crippen molar-refractivity contribution < 1.29 is 9.53 Å². The Labute approximate surface area is 126 Å². The molecule has 2 rings (SSSR count). The fourth-order valence-corrected chi connectivity index (χ4v) is 2.46. The smallest absolute Gasteiger partial charge is 0.251 e. The van der Waals surface area contributed by atoms with Gasteiger partial charge in [0, 0.05) is 36.9 Å². The molecule has 1 saturated heterocycles. The second-order valence-corrected chi connectivity index (χ2v) is 5.96. The summed E-state index contributed by atoms with van der Waals surface area (Å²) >= 11 is 0. The Hall–Kier alpha value is -1.62. The number of hydrogen-bond donors (Lipinski definition) is 2. The van der Waals surface area contributed by atoms with E-state index in [0.717, 1.165) is 31.1 Å². The highest BCUT2D eigenvalue weighted by molar-refractivity contribution is 5.95. The first-order chi connectivity index (χ1) is 10.0. The van der Waals surface area contributed by atoms with E-state index in [4.69, 9.17) is 4.74 Å². The highest BCUT2D eigenvalue weighted by atomic mass is 16.5.